The van der Waals surface area contributed by atoms with Gasteiger partial charge in [-0.1, -0.05) is 38.1 Å². The van der Waals surface area contributed by atoms with Crippen LogP contribution in [0, 0.1) is 6.92 Å². The number of nitrogens with one attached hydrogen (secondary N) is 2. The normalized spacial score (nSPS) is 18.3. The van der Waals surface area contributed by atoms with Gasteiger partial charge in [0.2, 0.25) is 11.9 Å². The summed E-state index contributed by atoms with van der Waals surface area (Å²) in [5.41, 5.74) is 5.12. The second kappa shape index (κ2) is 11.5. The first-order chi connectivity index (χ1) is 16.1. The molecule has 2 aromatic rings. The van der Waals surface area contributed by atoms with Crippen LogP contribution in [0.5, 0.6) is 0 Å². The van der Waals surface area contributed by atoms with Crippen molar-refractivity contribution in [1.82, 2.24) is 15.6 Å². The Morgan fingerprint density at radius 1 is 1.29 bits per heavy atom. The fourth-order valence-electron chi connectivity index (χ4n) is 4.39. The summed E-state index contributed by atoms with van der Waals surface area (Å²) in [7, 11) is 0. The molecule has 8 heteroatoms. The van der Waals surface area contributed by atoms with E-state index in [1.807, 2.05) is 24.2 Å². The number of hydrogen-bond donors (Lipinski definition) is 2. The lowest BCUT2D eigenvalue weighted by atomic mass is 10.0. The molecule has 0 radical (unpaired) electrons. The Morgan fingerprint density at radius 2 is 2.00 bits per heavy atom. The average Bonchev–Trinajstić information content (AvgIpc) is 3.39. The van der Waals surface area contributed by atoms with Crippen molar-refractivity contribution in [2.75, 3.05) is 6.54 Å². The summed E-state index contributed by atoms with van der Waals surface area (Å²) in [6, 6.07) is 7.93. The number of aryl methyl sites for hydroxylation is 1. The van der Waals surface area contributed by atoms with Crippen LogP contribution in [-0.2, 0) is 16.1 Å². The maximum absolute atomic E-state index is 13.1. The van der Waals surface area contributed by atoms with E-state index in [4.69, 9.17) is 0 Å². The highest BCUT2D eigenvalue weighted by atomic mass is 32.2. The lowest BCUT2D eigenvalue weighted by molar-refractivity contribution is -0.527. The summed E-state index contributed by atoms with van der Waals surface area (Å²) in [6.45, 7) is 13.5. The van der Waals surface area contributed by atoms with Crippen LogP contribution in [0.15, 0.2) is 29.8 Å². The third-order valence-corrected chi connectivity index (χ3v) is 8.32. The minimum absolute atomic E-state index is 0.0343. The predicted molar refractivity (Wildman–Crippen MR) is 143 cm³/mol. The summed E-state index contributed by atoms with van der Waals surface area (Å²) >= 11 is 3.47. The monoisotopic (exact) mass is 501 g/mol. The Labute approximate surface area is 211 Å². The minimum Gasteiger partial charge on any atom is -0.346 e. The van der Waals surface area contributed by atoms with Gasteiger partial charge in [0, 0.05) is 31.1 Å². The first kappa shape index (κ1) is 26.4. The molecule has 2 amide bonds. The zero-order valence-electron chi connectivity index (χ0n) is 21.1. The Kier molecular flexibility index (Phi) is 8.93. The van der Waals surface area contributed by atoms with Gasteiger partial charge in [0.25, 0.3) is 5.91 Å². The Balaban J connectivity index is 1.67. The fraction of sp³-hybridized carbons (Fsp3) is 0.538. The van der Waals surface area contributed by atoms with Gasteiger partial charge < -0.3 is 10.6 Å². The molecule has 0 bridgehead atoms. The quantitative estimate of drug-likeness (QED) is 0.500. The van der Waals surface area contributed by atoms with Gasteiger partial charge in [0.15, 0.2) is 6.21 Å². The van der Waals surface area contributed by atoms with E-state index in [0.717, 1.165) is 36.2 Å². The van der Waals surface area contributed by atoms with E-state index in [1.54, 1.807) is 18.3 Å². The van der Waals surface area contributed by atoms with Gasteiger partial charge in [0.05, 0.1) is 16.1 Å². The molecule has 6 nitrogen and oxygen atoms in total. The number of amides is 2. The molecular formula is C26H37N4O2S2+. The van der Waals surface area contributed by atoms with E-state index < -0.39 is 0 Å². The highest BCUT2D eigenvalue weighted by Crippen LogP contribution is 2.32. The van der Waals surface area contributed by atoms with Gasteiger partial charge in [-0.05, 0) is 37.1 Å². The van der Waals surface area contributed by atoms with E-state index in [9.17, 15) is 9.59 Å². The fourth-order valence-corrected chi connectivity index (χ4v) is 6.68. The average molecular weight is 502 g/mol. The van der Waals surface area contributed by atoms with E-state index >= 15 is 0 Å². The molecule has 0 aliphatic carbocycles. The second-order valence-electron chi connectivity index (χ2n) is 9.67. The molecule has 1 saturated heterocycles. The molecule has 1 fully saturated rings. The molecule has 1 aromatic carbocycles. The lowest BCUT2D eigenvalue weighted by Crippen LogP contribution is -2.51. The van der Waals surface area contributed by atoms with Crippen LogP contribution in [0.2, 0.25) is 0 Å². The van der Waals surface area contributed by atoms with Gasteiger partial charge in [-0.15, -0.1) is 11.3 Å². The molecule has 1 aliphatic heterocycles. The topological polar surface area (TPSA) is 74.1 Å². The molecule has 1 aromatic heterocycles. The van der Waals surface area contributed by atoms with Crippen molar-refractivity contribution < 1.29 is 14.2 Å². The number of carbonyl (C=O) groups excluding carboxylic acids is 2. The number of rotatable bonds is 9. The first-order valence-corrected chi connectivity index (χ1v) is 13.7. The van der Waals surface area contributed by atoms with Crippen LogP contribution in [-0.4, -0.2) is 56.2 Å². The largest absolute Gasteiger partial charge is 0.346 e. The summed E-state index contributed by atoms with van der Waals surface area (Å²) in [6.07, 6.45) is 3.85. The Morgan fingerprint density at radius 3 is 2.59 bits per heavy atom. The number of benzene rings is 1. The van der Waals surface area contributed by atoms with Crippen LogP contribution in [0.25, 0.3) is 10.4 Å². The Hall–Kier alpha value is -2.19. The van der Waals surface area contributed by atoms with Gasteiger partial charge in [0.1, 0.15) is 12.6 Å². The number of hydrogen-bond acceptors (Lipinski definition) is 5. The van der Waals surface area contributed by atoms with E-state index in [1.165, 1.54) is 4.88 Å². The van der Waals surface area contributed by atoms with Gasteiger partial charge in [-0.25, -0.2) is 9.56 Å². The number of carbonyl (C=O) groups is 2. The molecule has 3 rings (SSSR count). The lowest BCUT2D eigenvalue weighted by Gasteiger charge is -2.32. The predicted octanol–water partition coefficient (Wildman–Crippen LogP) is 4.41. The zero-order valence-corrected chi connectivity index (χ0v) is 22.7. The van der Waals surface area contributed by atoms with Crippen LogP contribution in [0.1, 0.15) is 58.7 Å². The highest BCUT2D eigenvalue weighted by Gasteiger charge is 2.39. The number of thioether (sulfide) groups is 1. The molecule has 0 spiro atoms. The molecule has 2 heterocycles. The minimum atomic E-state index is -0.213. The maximum Gasteiger partial charge on any atom is 0.288 e. The summed E-state index contributed by atoms with van der Waals surface area (Å²) < 4.78 is 1.93. The molecule has 2 atom stereocenters. The molecule has 1 aliphatic rings. The zero-order chi connectivity index (χ0) is 24.9. The molecule has 2 unspecified atom stereocenters. The van der Waals surface area contributed by atoms with Crippen LogP contribution < -0.4 is 10.6 Å². The van der Waals surface area contributed by atoms with Crippen molar-refractivity contribution in [2.45, 2.75) is 83.0 Å². The number of nitrogens with zero attached hydrogens (tertiary/aromatic N) is 2. The molecule has 184 valence electrons. The second-order valence-corrected chi connectivity index (χ2v) is 12.8. The smallest absolute Gasteiger partial charge is 0.288 e. The van der Waals surface area contributed by atoms with Crippen LogP contribution >= 0.6 is 23.1 Å². The first-order valence-electron chi connectivity index (χ1n) is 11.9. The van der Waals surface area contributed by atoms with Crippen molar-refractivity contribution >= 4 is 41.1 Å². The third kappa shape index (κ3) is 6.92. The number of thiazole rings is 1. The van der Waals surface area contributed by atoms with E-state index in [0.29, 0.717) is 11.8 Å². The number of aromatic nitrogens is 1. The van der Waals surface area contributed by atoms with Gasteiger partial charge in [-0.3, -0.25) is 9.59 Å². The third-order valence-electron chi connectivity index (χ3n) is 6.01. The SMILES string of the molecule is CC(=O)NC(C=[N+]1CCCC1C(=O)NCc1ccc(-c2scnc2C)cc1)C(C)(C)SC(C)C. The van der Waals surface area contributed by atoms with Gasteiger partial charge >= 0.3 is 0 Å². The summed E-state index contributed by atoms with van der Waals surface area (Å²) in [4.78, 5) is 30.5. The van der Waals surface area contributed by atoms with Crippen LogP contribution in [0.4, 0.5) is 0 Å². The van der Waals surface area contributed by atoms with Crippen molar-refractivity contribution in [3.05, 3.63) is 41.0 Å². The van der Waals surface area contributed by atoms with E-state index in [-0.39, 0.29) is 28.6 Å². The summed E-state index contributed by atoms with van der Waals surface area (Å²) in [5.74, 6) is -0.0251. The highest BCUT2D eigenvalue weighted by molar-refractivity contribution is 8.01. The van der Waals surface area contributed by atoms with Crippen molar-refractivity contribution in [2.24, 2.45) is 0 Å². The van der Waals surface area contributed by atoms with Gasteiger partial charge in [-0.2, -0.15) is 11.8 Å². The van der Waals surface area contributed by atoms with E-state index in [2.05, 4.69) is 78.4 Å². The molecule has 34 heavy (non-hydrogen) atoms. The molecule has 2 N–H and O–H groups in total. The van der Waals surface area contributed by atoms with Crippen LogP contribution in [0.3, 0.4) is 0 Å². The van der Waals surface area contributed by atoms with Crippen molar-refractivity contribution in [3.8, 4) is 10.4 Å². The standard InChI is InChI=1S/C26H36N4O2S2/c1-17(2)34-26(5,6)23(29-19(4)31)15-30-13-7-8-22(30)25(32)27-14-20-9-11-21(12-10-20)24-18(3)28-16-33-24/h9-12,15-17,22-23H,7-8,13-14H2,1-6H3,(H-,27,29,31,32)/p+1. The van der Waals surface area contributed by atoms with Crippen molar-refractivity contribution in [3.63, 3.8) is 0 Å². The van der Waals surface area contributed by atoms with Crippen molar-refractivity contribution in [1.29, 1.82) is 0 Å². The molecular weight excluding hydrogens is 464 g/mol. The molecule has 0 saturated carbocycles. The summed E-state index contributed by atoms with van der Waals surface area (Å²) in [5, 5.41) is 6.65. The maximum atomic E-state index is 13.1. The Bertz CT molecular complexity index is 1030.